The number of aryl methyl sites for hydroxylation is 2. The van der Waals surface area contributed by atoms with Gasteiger partial charge in [0.25, 0.3) is 0 Å². The number of benzene rings is 2. The van der Waals surface area contributed by atoms with Crippen molar-refractivity contribution < 1.29 is 8.78 Å². The summed E-state index contributed by atoms with van der Waals surface area (Å²) < 4.78 is 26.7. The highest BCUT2D eigenvalue weighted by Crippen LogP contribution is 2.14. The van der Waals surface area contributed by atoms with Crippen LogP contribution in [0.25, 0.3) is 0 Å². The van der Waals surface area contributed by atoms with E-state index in [2.05, 4.69) is 31.9 Å². The molecule has 0 aromatic heterocycles. The Morgan fingerprint density at radius 2 is 1.28 bits per heavy atom. The van der Waals surface area contributed by atoms with Crippen molar-refractivity contribution in [1.82, 2.24) is 0 Å². The van der Waals surface area contributed by atoms with Gasteiger partial charge in [0.05, 0.1) is 0 Å². The molecule has 0 spiro atoms. The second kappa shape index (κ2) is 7.00. The van der Waals surface area contributed by atoms with Crippen molar-refractivity contribution in [3.05, 3.63) is 68.1 Å². The Labute approximate surface area is 122 Å². The van der Waals surface area contributed by atoms with Gasteiger partial charge in [-0.25, -0.2) is 8.78 Å². The summed E-state index contributed by atoms with van der Waals surface area (Å²) in [5, 5.41) is 0. The Kier molecular flexibility index (Phi) is 5.96. The zero-order valence-corrected chi connectivity index (χ0v) is 13.1. The molecule has 18 heavy (non-hydrogen) atoms. The number of hydrogen-bond acceptors (Lipinski definition) is 0. The summed E-state index contributed by atoms with van der Waals surface area (Å²) in [6.07, 6.45) is 0. The lowest BCUT2D eigenvalue weighted by Crippen LogP contribution is -1.78. The molecule has 4 heteroatoms. The smallest absolute Gasteiger partial charge is 0.127 e. The van der Waals surface area contributed by atoms with E-state index in [1.807, 2.05) is 6.07 Å². The first-order chi connectivity index (χ1) is 8.40. The van der Waals surface area contributed by atoms with E-state index in [0.717, 1.165) is 8.95 Å². The van der Waals surface area contributed by atoms with Crippen molar-refractivity contribution in [2.24, 2.45) is 0 Å². The maximum absolute atomic E-state index is 12.5. The minimum atomic E-state index is -0.163. The zero-order chi connectivity index (χ0) is 13.7. The average Bonchev–Trinajstić information content (AvgIpc) is 2.30. The average molecular weight is 378 g/mol. The van der Waals surface area contributed by atoms with Crippen LogP contribution in [-0.2, 0) is 0 Å². The van der Waals surface area contributed by atoms with Crippen LogP contribution < -0.4 is 0 Å². The van der Waals surface area contributed by atoms with Crippen molar-refractivity contribution in [3.63, 3.8) is 0 Å². The molecule has 2 rings (SSSR count). The lowest BCUT2D eigenvalue weighted by Gasteiger charge is -1.93. The van der Waals surface area contributed by atoms with Gasteiger partial charge < -0.3 is 0 Å². The molecule has 0 fully saturated rings. The van der Waals surface area contributed by atoms with Gasteiger partial charge in [-0.3, -0.25) is 0 Å². The molecule has 0 aliphatic heterocycles. The van der Waals surface area contributed by atoms with Crippen LogP contribution in [0.1, 0.15) is 11.1 Å². The van der Waals surface area contributed by atoms with Crippen LogP contribution in [0.5, 0.6) is 0 Å². The second-order valence-corrected chi connectivity index (χ2v) is 5.62. The third-order valence-electron chi connectivity index (χ3n) is 2.25. The predicted molar refractivity (Wildman–Crippen MR) is 77.7 cm³/mol. The summed E-state index contributed by atoms with van der Waals surface area (Å²) in [7, 11) is 0. The van der Waals surface area contributed by atoms with Crippen molar-refractivity contribution in [3.8, 4) is 0 Å². The molecule has 0 bridgehead atoms. The largest absolute Gasteiger partial charge is 0.207 e. The highest BCUT2D eigenvalue weighted by Gasteiger charge is 1.95. The van der Waals surface area contributed by atoms with Gasteiger partial charge in [0.15, 0.2) is 0 Å². The van der Waals surface area contributed by atoms with Gasteiger partial charge in [-0.1, -0.05) is 37.9 Å². The van der Waals surface area contributed by atoms with E-state index in [1.165, 1.54) is 12.1 Å². The molecule has 0 amide bonds. The first-order valence-corrected chi connectivity index (χ1v) is 6.82. The summed E-state index contributed by atoms with van der Waals surface area (Å²) >= 11 is 6.39. The summed E-state index contributed by atoms with van der Waals surface area (Å²) in [6, 6.07) is 9.88. The van der Waals surface area contributed by atoms with Crippen LogP contribution in [0.4, 0.5) is 8.78 Å². The minimum Gasteiger partial charge on any atom is -0.207 e. The fourth-order valence-electron chi connectivity index (χ4n) is 1.18. The molecule has 0 atom stereocenters. The first kappa shape index (κ1) is 15.3. The van der Waals surface area contributed by atoms with E-state index in [0.29, 0.717) is 11.1 Å². The second-order valence-electron chi connectivity index (χ2n) is 3.79. The third kappa shape index (κ3) is 4.86. The SMILES string of the molecule is Cc1cc(Br)ccc1F.Cc1ccc(Br)cc1F. The Bertz CT molecular complexity index is 490. The van der Waals surface area contributed by atoms with E-state index >= 15 is 0 Å². The summed E-state index contributed by atoms with van der Waals surface area (Å²) in [5.74, 6) is -0.317. The van der Waals surface area contributed by atoms with E-state index in [4.69, 9.17) is 0 Å². The Balaban J connectivity index is 0.000000180. The summed E-state index contributed by atoms with van der Waals surface area (Å²) in [5.41, 5.74) is 1.35. The van der Waals surface area contributed by atoms with Gasteiger partial charge in [0.1, 0.15) is 11.6 Å². The van der Waals surface area contributed by atoms with E-state index < -0.39 is 0 Å². The molecule has 0 nitrogen and oxygen atoms in total. The van der Waals surface area contributed by atoms with Crippen molar-refractivity contribution in [2.45, 2.75) is 13.8 Å². The third-order valence-corrected chi connectivity index (χ3v) is 3.24. The summed E-state index contributed by atoms with van der Waals surface area (Å²) in [4.78, 5) is 0. The van der Waals surface area contributed by atoms with E-state index in [9.17, 15) is 8.78 Å². The molecule has 2 aromatic rings. The van der Waals surface area contributed by atoms with Crippen LogP contribution in [-0.4, -0.2) is 0 Å². The lowest BCUT2D eigenvalue weighted by molar-refractivity contribution is 0.617. The molecule has 0 saturated heterocycles. The molecule has 0 N–H and O–H groups in total. The van der Waals surface area contributed by atoms with E-state index in [1.54, 1.807) is 32.0 Å². The van der Waals surface area contributed by atoms with E-state index in [-0.39, 0.29) is 11.6 Å². The lowest BCUT2D eigenvalue weighted by atomic mass is 10.2. The van der Waals surface area contributed by atoms with Crippen LogP contribution in [0.15, 0.2) is 45.3 Å². The standard InChI is InChI=1S/2C7H6BrF/c1-5-4-6(8)2-3-7(5)9;1-5-2-3-6(8)4-7(5)9/h2*2-4H,1H3. The molecule has 0 heterocycles. The quantitative estimate of drug-likeness (QED) is 0.544. The number of hydrogen-bond donors (Lipinski definition) is 0. The molecular formula is C14H12Br2F2. The van der Waals surface area contributed by atoms with Crippen LogP contribution in [0.3, 0.4) is 0 Å². The fourth-order valence-corrected chi connectivity index (χ4v) is 1.98. The Morgan fingerprint density at radius 3 is 1.72 bits per heavy atom. The molecule has 2 aromatic carbocycles. The van der Waals surface area contributed by atoms with Gasteiger partial charge in [-0.2, -0.15) is 0 Å². The molecule has 0 saturated carbocycles. The maximum Gasteiger partial charge on any atom is 0.127 e. The van der Waals surface area contributed by atoms with Crippen molar-refractivity contribution in [1.29, 1.82) is 0 Å². The molecule has 0 unspecified atom stereocenters. The molecule has 0 radical (unpaired) electrons. The van der Waals surface area contributed by atoms with Crippen LogP contribution in [0.2, 0.25) is 0 Å². The number of rotatable bonds is 0. The van der Waals surface area contributed by atoms with Gasteiger partial charge in [0, 0.05) is 8.95 Å². The first-order valence-electron chi connectivity index (χ1n) is 5.23. The topological polar surface area (TPSA) is 0 Å². The van der Waals surface area contributed by atoms with Crippen LogP contribution >= 0.6 is 31.9 Å². The zero-order valence-electron chi connectivity index (χ0n) is 9.98. The Hall–Kier alpha value is -0.740. The normalized spacial score (nSPS) is 9.67. The van der Waals surface area contributed by atoms with Gasteiger partial charge in [0.2, 0.25) is 0 Å². The van der Waals surface area contributed by atoms with Gasteiger partial charge in [-0.05, 0) is 55.3 Å². The molecule has 96 valence electrons. The predicted octanol–water partition coefficient (Wildman–Crippen LogP) is 5.79. The van der Waals surface area contributed by atoms with Gasteiger partial charge >= 0.3 is 0 Å². The van der Waals surface area contributed by atoms with Gasteiger partial charge in [-0.15, -0.1) is 0 Å². The highest BCUT2D eigenvalue weighted by atomic mass is 79.9. The minimum absolute atomic E-state index is 0.154. The summed E-state index contributed by atoms with van der Waals surface area (Å²) in [6.45, 7) is 3.47. The monoisotopic (exact) mass is 376 g/mol. The molecule has 0 aliphatic carbocycles. The maximum atomic E-state index is 12.5. The highest BCUT2D eigenvalue weighted by molar-refractivity contribution is 9.10. The molecular weight excluding hydrogens is 366 g/mol. The van der Waals surface area contributed by atoms with Crippen LogP contribution in [0, 0.1) is 25.5 Å². The van der Waals surface area contributed by atoms with Crippen molar-refractivity contribution >= 4 is 31.9 Å². The fraction of sp³-hybridized carbons (Fsp3) is 0.143. The number of halogens is 4. The Morgan fingerprint density at radius 1 is 0.722 bits per heavy atom. The molecule has 0 aliphatic rings. The van der Waals surface area contributed by atoms with Crippen molar-refractivity contribution in [2.75, 3.05) is 0 Å².